The number of hydrogen-bond donors (Lipinski definition) is 0. The number of aryl methyl sites for hydroxylation is 1. The van der Waals surface area contributed by atoms with Gasteiger partial charge in [0.15, 0.2) is 6.61 Å². The zero-order valence-electron chi connectivity index (χ0n) is 12.5. The van der Waals surface area contributed by atoms with Gasteiger partial charge in [-0.05, 0) is 42.7 Å². The lowest BCUT2D eigenvalue weighted by molar-refractivity contribution is 0.202. The standard InChI is InChI=1S/C18H18BrNO2/c1-14-7-8-15(13-18(14)21-12-11-20)17(9-10-19)22-16-5-3-2-4-6-16/h2-8,13,17H,9-10,12H2,1H3. The average Bonchev–Trinajstić information content (AvgIpc) is 2.55. The first-order chi connectivity index (χ1) is 10.7. The molecule has 3 nitrogen and oxygen atoms in total. The topological polar surface area (TPSA) is 42.2 Å². The molecule has 0 bridgehead atoms. The van der Waals surface area contributed by atoms with Gasteiger partial charge in [-0.2, -0.15) is 5.26 Å². The predicted octanol–water partition coefficient (Wildman–Crippen LogP) is 4.80. The van der Waals surface area contributed by atoms with Crippen LogP contribution in [0.4, 0.5) is 0 Å². The van der Waals surface area contributed by atoms with E-state index in [0.29, 0.717) is 0 Å². The number of ether oxygens (including phenoxy) is 2. The predicted molar refractivity (Wildman–Crippen MR) is 90.5 cm³/mol. The SMILES string of the molecule is Cc1ccc(C(CCBr)Oc2ccccc2)cc1OCC#N. The Kier molecular flexibility index (Phi) is 6.29. The van der Waals surface area contributed by atoms with Crippen LogP contribution in [0.25, 0.3) is 0 Å². The maximum atomic E-state index is 8.67. The molecule has 0 aliphatic rings. The molecule has 0 aliphatic carbocycles. The number of rotatable bonds is 7. The summed E-state index contributed by atoms with van der Waals surface area (Å²) in [5, 5.41) is 9.51. The van der Waals surface area contributed by atoms with E-state index >= 15 is 0 Å². The van der Waals surface area contributed by atoms with Gasteiger partial charge in [0.1, 0.15) is 23.7 Å². The van der Waals surface area contributed by atoms with Crippen molar-refractivity contribution in [1.29, 1.82) is 5.26 Å². The van der Waals surface area contributed by atoms with E-state index in [-0.39, 0.29) is 12.7 Å². The molecular formula is C18H18BrNO2. The molecule has 1 unspecified atom stereocenters. The van der Waals surface area contributed by atoms with Gasteiger partial charge in [-0.1, -0.05) is 46.3 Å². The number of nitriles is 1. The molecule has 0 radical (unpaired) electrons. The second-order valence-electron chi connectivity index (χ2n) is 4.87. The maximum Gasteiger partial charge on any atom is 0.174 e. The van der Waals surface area contributed by atoms with Gasteiger partial charge in [0.2, 0.25) is 0 Å². The first-order valence-electron chi connectivity index (χ1n) is 7.12. The largest absolute Gasteiger partial charge is 0.486 e. The molecule has 0 heterocycles. The molecule has 2 aromatic rings. The van der Waals surface area contributed by atoms with Crippen LogP contribution in [-0.2, 0) is 0 Å². The van der Waals surface area contributed by atoms with Crippen LogP contribution in [0.3, 0.4) is 0 Å². The molecule has 0 fully saturated rings. The number of halogens is 1. The summed E-state index contributed by atoms with van der Waals surface area (Å²) in [4.78, 5) is 0. The normalized spacial score (nSPS) is 11.5. The third kappa shape index (κ3) is 4.51. The molecule has 0 aromatic heterocycles. The highest BCUT2D eigenvalue weighted by atomic mass is 79.9. The molecule has 0 N–H and O–H groups in total. The Morgan fingerprint density at radius 1 is 1.18 bits per heavy atom. The monoisotopic (exact) mass is 359 g/mol. The van der Waals surface area contributed by atoms with Gasteiger partial charge in [-0.25, -0.2) is 0 Å². The Hall–Kier alpha value is -1.99. The second-order valence-corrected chi connectivity index (χ2v) is 5.66. The van der Waals surface area contributed by atoms with Crippen LogP contribution in [0.15, 0.2) is 48.5 Å². The van der Waals surface area contributed by atoms with Gasteiger partial charge < -0.3 is 9.47 Å². The summed E-state index contributed by atoms with van der Waals surface area (Å²) >= 11 is 3.48. The fourth-order valence-electron chi connectivity index (χ4n) is 2.14. The molecule has 4 heteroatoms. The summed E-state index contributed by atoms with van der Waals surface area (Å²) in [6.07, 6.45) is 0.780. The summed E-state index contributed by atoms with van der Waals surface area (Å²) < 4.78 is 11.6. The minimum atomic E-state index is -0.0631. The van der Waals surface area contributed by atoms with Crippen LogP contribution in [0, 0.1) is 18.3 Å². The Morgan fingerprint density at radius 2 is 1.95 bits per heavy atom. The highest BCUT2D eigenvalue weighted by Crippen LogP contribution is 2.29. The van der Waals surface area contributed by atoms with E-state index < -0.39 is 0 Å². The first kappa shape index (κ1) is 16.4. The van der Waals surface area contributed by atoms with Crippen LogP contribution < -0.4 is 9.47 Å². The maximum absolute atomic E-state index is 8.67. The molecule has 1 atom stereocenters. The second kappa shape index (κ2) is 8.45. The van der Waals surface area contributed by atoms with Crippen molar-refractivity contribution < 1.29 is 9.47 Å². The Morgan fingerprint density at radius 3 is 2.64 bits per heavy atom. The van der Waals surface area contributed by atoms with Gasteiger partial charge in [-0.3, -0.25) is 0 Å². The van der Waals surface area contributed by atoms with E-state index in [9.17, 15) is 0 Å². The van der Waals surface area contributed by atoms with E-state index in [1.165, 1.54) is 0 Å². The van der Waals surface area contributed by atoms with Crippen LogP contribution >= 0.6 is 15.9 Å². The molecular weight excluding hydrogens is 342 g/mol. The number of nitrogens with zero attached hydrogens (tertiary/aromatic N) is 1. The minimum Gasteiger partial charge on any atom is -0.486 e. The Balaban J connectivity index is 2.22. The van der Waals surface area contributed by atoms with Crippen molar-refractivity contribution in [1.82, 2.24) is 0 Å². The van der Waals surface area contributed by atoms with Crippen molar-refractivity contribution in [2.24, 2.45) is 0 Å². The summed E-state index contributed by atoms with van der Waals surface area (Å²) in [6.45, 7) is 2.01. The van der Waals surface area contributed by atoms with E-state index in [4.69, 9.17) is 14.7 Å². The van der Waals surface area contributed by atoms with Gasteiger partial charge in [0.25, 0.3) is 0 Å². The summed E-state index contributed by atoms with van der Waals surface area (Å²) in [5.74, 6) is 1.57. The average molecular weight is 360 g/mol. The van der Waals surface area contributed by atoms with Crippen molar-refractivity contribution in [2.45, 2.75) is 19.4 Å². The number of alkyl halides is 1. The lowest BCUT2D eigenvalue weighted by Crippen LogP contribution is -2.09. The number of para-hydroxylation sites is 1. The fraction of sp³-hybridized carbons (Fsp3) is 0.278. The van der Waals surface area contributed by atoms with E-state index in [1.54, 1.807) is 0 Å². The van der Waals surface area contributed by atoms with E-state index in [2.05, 4.69) is 15.9 Å². The summed E-state index contributed by atoms with van der Waals surface area (Å²) in [6, 6.07) is 17.8. The first-order valence-corrected chi connectivity index (χ1v) is 8.24. The highest BCUT2D eigenvalue weighted by Gasteiger charge is 2.15. The molecule has 22 heavy (non-hydrogen) atoms. The minimum absolute atomic E-state index is 0.0486. The van der Waals surface area contributed by atoms with Crippen molar-refractivity contribution in [3.8, 4) is 17.6 Å². The quantitative estimate of drug-likeness (QED) is 0.666. The van der Waals surface area contributed by atoms with Gasteiger partial charge in [-0.15, -0.1) is 0 Å². The van der Waals surface area contributed by atoms with Gasteiger partial charge in [0, 0.05) is 5.33 Å². The smallest absolute Gasteiger partial charge is 0.174 e. The van der Waals surface area contributed by atoms with Crippen LogP contribution in [0.1, 0.15) is 23.7 Å². The van der Waals surface area contributed by atoms with Gasteiger partial charge >= 0.3 is 0 Å². The molecule has 0 saturated carbocycles. The molecule has 0 aliphatic heterocycles. The molecule has 114 valence electrons. The fourth-order valence-corrected chi connectivity index (χ4v) is 2.55. The number of hydrogen-bond acceptors (Lipinski definition) is 3. The molecule has 0 amide bonds. The zero-order valence-corrected chi connectivity index (χ0v) is 14.0. The zero-order chi connectivity index (χ0) is 15.8. The Bertz CT molecular complexity index is 637. The van der Waals surface area contributed by atoms with Crippen molar-refractivity contribution in [3.63, 3.8) is 0 Å². The van der Waals surface area contributed by atoms with Crippen LogP contribution in [0.2, 0.25) is 0 Å². The van der Waals surface area contributed by atoms with Crippen molar-refractivity contribution in [3.05, 3.63) is 59.7 Å². The van der Waals surface area contributed by atoms with E-state index in [1.807, 2.05) is 61.5 Å². The molecule has 0 saturated heterocycles. The highest BCUT2D eigenvalue weighted by molar-refractivity contribution is 9.09. The lowest BCUT2D eigenvalue weighted by Gasteiger charge is -2.20. The lowest BCUT2D eigenvalue weighted by atomic mass is 10.0. The third-order valence-corrected chi connectivity index (χ3v) is 3.73. The number of benzene rings is 2. The molecule has 2 rings (SSSR count). The van der Waals surface area contributed by atoms with Crippen molar-refractivity contribution in [2.75, 3.05) is 11.9 Å². The third-order valence-electron chi connectivity index (χ3n) is 3.27. The van der Waals surface area contributed by atoms with Crippen LogP contribution in [0.5, 0.6) is 11.5 Å². The van der Waals surface area contributed by atoms with Crippen molar-refractivity contribution >= 4 is 15.9 Å². The van der Waals surface area contributed by atoms with E-state index in [0.717, 1.165) is 34.4 Å². The molecule has 0 spiro atoms. The molecule has 2 aromatic carbocycles. The van der Waals surface area contributed by atoms with Crippen LogP contribution in [-0.4, -0.2) is 11.9 Å². The summed E-state index contributed by atoms with van der Waals surface area (Å²) in [7, 11) is 0. The van der Waals surface area contributed by atoms with Gasteiger partial charge in [0.05, 0.1) is 0 Å². The summed E-state index contributed by atoms with van der Waals surface area (Å²) in [5.41, 5.74) is 2.05. The Labute approximate surface area is 139 Å².